The van der Waals surface area contributed by atoms with Crippen LogP contribution in [-0.4, -0.2) is 47.0 Å². The van der Waals surface area contributed by atoms with Crippen LogP contribution in [0.2, 0.25) is 0 Å². The minimum absolute atomic E-state index is 0.0814. The number of piperazine rings is 1. The Kier molecular flexibility index (Phi) is 4.49. The molecule has 2 heterocycles. The van der Waals surface area contributed by atoms with E-state index in [9.17, 15) is 9.59 Å². The van der Waals surface area contributed by atoms with Crippen molar-refractivity contribution in [3.05, 3.63) is 64.1 Å². The molecule has 146 valence electrons. The molecule has 0 unspecified atom stereocenters. The van der Waals surface area contributed by atoms with E-state index in [1.807, 2.05) is 35.2 Å². The van der Waals surface area contributed by atoms with E-state index in [-0.39, 0.29) is 17.0 Å². The van der Waals surface area contributed by atoms with Gasteiger partial charge in [-0.2, -0.15) is 0 Å². The summed E-state index contributed by atoms with van der Waals surface area (Å²) >= 11 is 0. The van der Waals surface area contributed by atoms with Gasteiger partial charge in [0.15, 0.2) is 0 Å². The van der Waals surface area contributed by atoms with Gasteiger partial charge in [-0.1, -0.05) is 32.9 Å². The van der Waals surface area contributed by atoms with Crippen LogP contribution in [0.25, 0.3) is 11.0 Å². The number of H-pyrrole nitrogens is 2. The van der Waals surface area contributed by atoms with Crippen LogP contribution in [0.5, 0.6) is 0 Å². The highest BCUT2D eigenvalue weighted by molar-refractivity contribution is 5.94. The standard InChI is InChI=1S/C22H26N4O2/c1-22(2,3)16-6-4-15(5-7-16)20(27)26-12-10-25(11-13-26)17-8-9-18-19(14-17)24-21(28)23-18/h4-9,14H,10-13H2,1-3H3,(H2,23,24,28). The summed E-state index contributed by atoms with van der Waals surface area (Å²) in [6, 6.07) is 13.9. The van der Waals surface area contributed by atoms with Crippen molar-refractivity contribution in [1.29, 1.82) is 0 Å². The molecule has 0 spiro atoms. The molecule has 1 aliphatic rings. The lowest BCUT2D eigenvalue weighted by atomic mass is 9.86. The van der Waals surface area contributed by atoms with Gasteiger partial charge in [-0.25, -0.2) is 4.79 Å². The van der Waals surface area contributed by atoms with E-state index in [0.717, 1.165) is 35.4 Å². The lowest BCUT2D eigenvalue weighted by molar-refractivity contribution is 0.0746. The van der Waals surface area contributed by atoms with Crippen LogP contribution in [-0.2, 0) is 5.41 Å². The zero-order valence-electron chi connectivity index (χ0n) is 16.6. The first kappa shape index (κ1) is 18.3. The Hall–Kier alpha value is -3.02. The number of fused-ring (bicyclic) bond motifs is 1. The number of aromatic nitrogens is 2. The molecule has 1 aliphatic heterocycles. The van der Waals surface area contributed by atoms with Gasteiger partial charge in [0.25, 0.3) is 5.91 Å². The van der Waals surface area contributed by atoms with Crippen LogP contribution in [0.15, 0.2) is 47.3 Å². The van der Waals surface area contributed by atoms with Gasteiger partial charge in [-0.3, -0.25) is 4.79 Å². The third-order valence-electron chi connectivity index (χ3n) is 5.43. The molecular formula is C22H26N4O2. The largest absolute Gasteiger partial charge is 0.368 e. The first-order chi connectivity index (χ1) is 13.3. The SMILES string of the molecule is CC(C)(C)c1ccc(C(=O)N2CCN(c3ccc4[nH]c(=O)[nH]c4c3)CC2)cc1. The smallest absolute Gasteiger partial charge is 0.323 e. The van der Waals surface area contributed by atoms with Gasteiger partial charge in [0, 0.05) is 37.4 Å². The summed E-state index contributed by atoms with van der Waals surface area (Å²) in [5.41, 5.74) is 4.53. The van der Waals surface area contributed by atoms with Crippen LogP contribution in [0.3, 0.4) is 0 Å². The molecule has 1 aromatic heterocycles. The van der Waals surface area contributed by atoms with E-state index in [1.54, 1.807) is 0 Å². The summed E-state index contributed by atoms with van der Waals surface area (Å²) in [6.07, 6.45) is 0. The molecule has 1 amide bonds. The fourth-order valence-electron chi connectivity index (χ4n) is 3.68. The molecule has 0 bridgehead atoms. The number of carbonyl (C=O) groups excluding carboxylic acids is 1. The molecule has 1 saturated heterocycles. The summed E-state index contributed by atoms with van der Waals surface area (Å²) in [5, 5.41) is 0. The Bertz CT molecular complexity index is 1050. The maximum Gasteiger partial charge on any atom is 0.323 e. The van der Waals surface area contributed by atoms with Crippen molar-refractivity contribution in [3.8, 4) is 0 Å². The van der Waals surface area contributed by atoms with Gasteiger partial charge >= 0.3 is 5.69 Å². The van der Waals surface area contributed by atoms with E-state index >= 15 is 0 Å². The van der Waals surface area contributed by atoms with E-state index in [2.05, 4.69) is 47.8 Å². The Balaban J connectivity index is 1.42. The monoisotopic (exact) mass is 378 g/mol. The van der Waals surface area contributed by atoms with Crippen molar-refractivity contribution in [2.24, 2.45) is 0 Å². The molecule has 1 fully saturated rings. The Morgan fingerprint density at radius 2 is 1.54 bits per heavy atom. The fraction of sp³-hybridized carbons (Fsp3) is 0.364. The van der Waals surface area contributed by atoms with Crippen molar-refractivity contribution in [2.45, 2.75) is 26.2 Å². The maximum atomic E-state index is 12.8. The van der Waals surface area contributed by atoms with Crippen molar-refractivity contribution in [1.82, 2.24) is 14.9 Å². The van der Waals surface area contributed by atoms with Crippen LogP contribution in [0.1, 0.15) is 36.7 Å². The number of aromatic amines is 2. The number of nitrogens with one attached hydrogen (secondary N) is 2. The van der Waals surface area contributed by atoms with Gasteiger partial charge in [0.1, 0.15) is 0 Å². The molecule has 4 rings (SSSR count). The van der Waals surface area contributed by atoms with Crippen LogP contribution < -0.4 is 10.6 Å². The zero-order valence-corrected chi connectivity index (χ0v) is 16.6. The average Bonchev–Trinajstić information content (AvgIpc) is 3.06. The Morgan fingerprint density at radius 1 is 0.893 bits per heavy atom. The number of hydrogen-bond donors (Lipinski definition) is 2. The molecule has 2 aromatic carbocycles. The van der Waals surface area contributed by atoms with Gasteiger partial charge in [0.2, 0.25) is 0 Å². The molecule has 0 saturated carbocycles. The lowest BCUT2D eigenvalue weighted by Gasteiger charge is -2.36. The summed E-state index contributed by atoms with van der Waals surface area (Å²) in [4.78, 5) is 34.0. The zero-order chi connectivity index (χ0) is 19.9. The van der Waals surface area contributed by atoms with Gasteiger partial charge in [-0.15, -0.1) is 0 Å². The summed E-state index contributed by atoms with van der Waals surface area (Å²) in [7, 11) is 0. The van der Waals surface area contributed by atoms with Gasteiger partial charge in [0.05, 0.1) is 11.0 Å². The third kappa shape index (κ3) is 3.54. The van der Waals surface area contributed by atoms with Crippen LogP contribution in [0.4, 0.5) is 5.69 Å². The first-order valence-corrected chi connectivity index (χ1v) is 9.68. The van der Waals surface area contributed by atoms with Crippen molar-refractivity contribution < 1.29 is 4.79 Å². The van der Waals surface area contributed by atoms with Gasteiger partial charge in [-0.05, 0) is 41.3 Å². The fourth-order valence-corrected chi connectivity index (χ4v) is 3.68. The maximum absolute atomic E-state index is 12.8. The predicted molar refractivity (Wildman–Crippen MR) is 112 cm³/mol. The second-order valence-corrected chi connectivity index (χ2v) is 8.42. The minimum Gasteiger partial charge on any atom is -0.368 e. The highest BCUT2D eigenvalue weighted by atomic mass is 16.2. The molecule has 6 nitrogen and oxygen atoms in total. The number of rotatable bonds is 2. The number of anilines is 1. The summed E-state index contributed by atoms with van der Waals surface area (Å²) in [5.74, 6) is 0.0884. The number of carbonyl (C=O) groups is 1. The van der Waals surface area contributed by atoms with Crippen molar-refractivity contribution in [3.63, 3.8) is 0 Å². The normalized spacial score (nSPS) is 15.2. The minimum atomic E-state index is -0.194. The van der Waals surface area contributed by atoms with Crippen molar-refractivity contribution in [2.75, 3.05) is 31.1 Å². The molecule has 6 heteroatoms. The van der Waals surface area contributed by atoms with Crippen molar-refractivity contribution >= 4 is 22.6 Å². The second-order valence-electron chi connectivity index (χ2n) is 8.42. The van der Waals surface area contributed by atoms with E-state index in [1.165, 1.54) is 5.56 Å². The lowest BCUT2D eigenvalue weighted by Crippen LogP contribution is -2.48. The number of amides is 1. The third-order valence-corrected chi connectivity index (χ3v) is 5.43. The number of benzene rings is 2. The van der Waals surface area contributed by atoms with Crippen LogP contribution in [0, 0.1) is 0 Å². The van der Waals surface area contributed by atoms with Gasteiger partial charge < -0.3 is 19.8 Å². The number of imidazole rings is 1. The first-order valence-electron chi connectivity index (χ1n) is 9.68. The molecule has 28 heavy (non-hydrogen) atoms. The topological polar surface area (TPSA) is 72.2 Å². The molecule has 0 atom stereocenters. The molecule has 0 aliphatic carbocycles. The quantitative estimate of drug-likeness (QED) is 0.720. The summed E-state index contributed by atoms with van der Waals surface area (Å²) < 4.78 is 0. The summed E-state index contributed by atoms with van der Waals surface area (Å²) in [6.45, 7) is 9.41. The second kappa shape index (κ2) is 6.86. The highest BCUT2D eigenvalue weighted by Crippen LogP contribution is 2.24. The Labute approximate surface area is 164 Å². The molecule has 3 aromatic rings. The van der Waals surface area contributed by atoms with E-state index in [4.69, 9.17) is 0 Å². The molecule has 0 radical (unpaired) electrons. The molecular weight excluding hydrogens is 352 g/mol. The molecule has 2 N–H and O–H groups in total. The highest BCUT2D eigenvalue weighted by Gasteiger charge is 2.23. The average molecular weight is 378 g/mol. The Morgan fingerprint density at radius 3 is 2.18 bits per heavy atom. The van der Waals surface area contributed by atoms with E-state index in [0.29, 0.717) is 13.1 Å². The van der Waals surface area contributed by atoms with Crippen LogP contribution >= 0.6 is 0 Å². The van der Waals surface area contributed by atoms with E-state index < -0.39 is 0 Å². The number of hydrogen-bond acceptors (Lipinski definition) is 3. The number of nitrogens with zero attached hydrogens (tertiary/aromatic N) is 2. The predicted octanol–water partition coefficient (Wildman–Crippen LogP) is 3.12.